The molecule has 0 aromatic heterocycles. The summed E-state index contributed by atoms with van der Waals surface area (Å²) in [5.41, 5.74) is 0. The van der Waals surface area contributed by atoms with Crippen LogP contribution in [0, 0.1) is 5.92 Å². The molecule has 0 saturated heterocycles. The van der Waals surface area contributed by atoms with Gasteiger partial charge in [0.05, 0.1) is 6.10 Å². The summed E-state index contributed by atoms with van der Waals surface area (Å²) in [7, 11) is 0. The van der Waals surface area contributed by atoms with Crippen LogP contribution in [0.25, 0.3) is 0 Å². The van der Waals surface area contributed by atoms with E-state index < -0.39 is 0 Å². The Kier molecular flexibility index (Phi) is 6.24. The Morgan fingerprint density at radius 3 is 2.64 bits per heavy atom. The highest BCUT2D eigenvalue weighted by Crippen LogP contribution is 2.14. The number of rotatable bonds is 6. The molecule has 2 atom stereocenters. The van der Waals surface area contributed by atoms with E-state index in [1.807, 2.05) is 0 Å². The first-order valence-electron chi connectivity index (χ1n) is 4.49. The van der Waals surface area contributed by atoms with Crippen LogP contribution in [-0.4, -0.2) is 11.2 Å². The van der Waals surface area contributed by atoms with Crippen LogP contribution in [0.1, 0.15) is 39.5 Å². The van der Waals surface area contributed by atoms with Gasteiger partial charge in [0.15, 0.2) is 0 Å². The van der Waals surface area contributed by atoms with Crippen LogP contribution in [0.5, 0.6) is 0 Å². The number of hydrogen-bond donors (Lipinski definition) is 1. The fraction of sp³-hybridized carbons (Fsp3) is 0.800. The number of aliphatic hydroxyl groups excluding tert-OH is 1. The molecule has 0 saturated carbocycles. The highest BCUT2D eigenvalue weighted by Gasteiger charge is 2.07. The molecule has 1 N–H and O–H groups in total. The van der Waals surface area contributed by atoms with Gasteiger partial charge < -0.3 is 5.11 Å². The molecule has 2 unspecified atom stereocenters. The number of hydrogen-bond acceptors (Lipinski definition) is 1. The van der Waals surface area contributed by atoms with Crippen molar-refractivity contribution < 1.29 is 5.11 Å². The summed E-state index contributed by atoms with van der Waals surface area (Å²) in [6, 6.07) is 0. The highest BCUT2D eigenvalue weighted by atomic mass is 16.3. The lowest BCUT2D eigenvalue weighted by atomic mass is 9.97. The molecule has 0 amide bonds. The third-order valence-corrected chi connectivity index (χ3v) is 1.89. The zero-order valence-electron chi connectivity index (χ0n) is 7.71. The first-order valence-corrected chi connectivity index (χ1v) is 4.49. The lowest BCUT2D eigenvalue weighted by Crippen LogP contribution is -2.10. The Labute approximate surface area is 70.1 Å². The van der Waals surface area contributed by atoms with E-state index in [9.17, 15) is 5.11 Å². The van der Waals surface area contributed by atoms with E-state index in [0.29, 0.717) is 5.92 Å². The molecule has 11 heavy (non-hydrogen) atoms. The third-order valence-electron chi connectivity index (χ3n) is 1.89. The third kappa shape index (κ3) is 6.11. The SMILES string of the molecule is C=CCC(O)CC(C)CCC. The van der Waals surface area contributed by atoms with Crippen molar-refractivity contribution in [2.24, 2.45) is 5.92 Å². The molecule has 0 aliphatic heterocycles. The fourth-order valence-corrected chi connectivity index (χ4v) is 1.36. The normalized spacial score (nSPS) is 15.9. The second-order valence-corrected chi connectivity index (χ2v) is 3.31. The monoisotopic (exact) mass is 156 g/mol. The molecule has 66 valence electrons. The predicted molar refractivity (Wildman–Crippen MR) is 49.5 cm³/mol. The lowest BCUT2D eigenvalue weighted by molar-refractivity contribution is 0.146. The summed E-state index contributed by atoms with van der Waals surface area (Å²) in [5, 5.41) is 9.37. The van der Waals surface area contributed by atoms with Crippen molar-refractivity contribution >= 4 is 0 Å². The van der Waals surface area contributed by atoms with Gasteiger partial charge in [0.25, 0.3) is 0 Å². The van der Waals surface area contributed by atoms with Gasteiger partial charge >= 0.3 is 0 Å². The van der Waals surface area contributed by atoms with Gasteiger partial charge in [-0.1, -0.05) is 32.8 Å². The van der Waals surface area contributed by atoms with Crippen molar-refractivity contribution in [2.75, 3.05) is 0 Å². The van der Waals surface area contributed by atoms with E-state index in [2.05, 4.69) is 20.4 Å². The minimum atomic E-state index is -0.172. The largest absolute Gasteiger partial charge is 0.393 e. The molecular weight excluding hydrogens is 136 g/mol. The van der Waals surface area contributed by atoms with Crippen molar-refractivity contribution in [1.29, 1.82) is 0 Å². The summed E-state index contributed by atoms with van der Waals surface area (Å²) in [6.07, 6.45) is 5.68. The number of aliphatic hydroxyl groups is 1. The van der Waals surface area contributed by atoms with Crippen LogP contribution in [0.3, 0.4) is 0 Å². The molecule has 0 spiro atoms. The fourth-order valence-electron chi connectivity index (χ4n) is 1.36. The average Bonchev–Trinajstić information content (AvgIpc) is 1.87. The second-order valence-electron chi connectivity index (χ2n) is 3.31. The zero-order valence-corrected chi connectivity index (χ0v) is 7.71. The maximum absolute atomic E-state index is 9.37. The van der Waals surface area contributed by atoms with Gasteiger partial charge in [-0.15, -0.1) is 6.58 Å². The minimum Gasteiger partial charge on any atom is -0.393 e. The van der Waals surface area contributed by atoms with E-state index in [1.54, 1.807) is 6.08 Å². The average molecular weight is 156 g/mol. The maximum Gasteiger partial charge on any atom is 0.0577 e. The zero-order chi connectivity index (χ0) is 8.69. The van der Waals surface area contributed by atoms with E-state index in [0.717, 1.165) is 12.8 Å². The summed E-state index contributed by atoms with van der Waals surface area (Å²) >= 11 is 0. The van der Waals surface area contributed by atoms with Crippen molar-refractivity contribution in [2.45, 2.75) is 45.6 Å². The van der Waals surface area contributed by atoms with Gasteiger partial charge in [0, 0.05) is 0 Å². The second kappa shape index (κ2) is 6.41. The molecule has 0 radical (unpaired) electrons. The van der Waals surface area contributed by atoms with Crippen LogP contribution in [0.15, 0.2) is 12.7 Å². The highest BCUT2D eigenvalue weighted by molar-refractivity contribution is 4.73. The molecule has 0 fully saturated rings. The van der Waals surface area contributed by atoms with Crippen LogP contribution in [0.2, 0.25) is 0 Å². The van der Waals surface area contributed by atoms with Gasteiger partial charge in [-0.2, -0.15) is 0 Å². The summed E-state index contributed by atoms with van der Waals surface area (Å²) in [4.78, 5) is 0. The topological polar surface area (TPSA) is 20.2 Å². The smallest absolute Gasteiger partial charge is 0.0577 e. The molecule has 0 aliphatic rings. The molecule has 0 aliphatic carbocycles. The summed E-state index contributed by atoms with van der Waals surface area (Å²) in [6.45, 7) is 7.96. The van der Waals surface area contributed by atoms with Crippen LogP contribution >= 0.6 is 0 Å². The van der Waals surface area contributed by atoms with Crippen molar-refractivity contribution in [3.05, 3.63) is 12.7 Å². The van der Waals surface area contributed by atoms with Gasteiger partial charge in [-0.25, -0.2) is 0 Å². The molecule has 0 rings (SSSR count). The maximum atomic E-state index is 9.37. The Bertz CT molecular complexity index is 99.0. The molecular formula is C10H20O. The molecule has 1 nitrogen and oxygen atoms in total. The van der Waals surface area contributed by atoms with Crippen molar-refractivity contribution in [1.82, 2.24) is 0 Å². The Hall–Kier alpha value is -0.300. The standard InChI is InChI=1S/C10H20O/c1-4-6-9(3)8-10(11)7-5-2/h5,9-11H,2,4,6-8H2,1,3H3. The van der Waals surface area contributed by atoms with Gasteiger partial charge in [-0.05, 0) is 18.8 Å². The van der Waals surface area contributed by atoms with Crippen LogP contribution in [-0.2, 0) is 0 Å². The van der Waals surface area contributed by atoms with E-state index in [4.69, 9.17) is 0 Å². The molecule has 0 bridgehead atoms. The molecule has 0 aromatic carbocycles. The quantitative estimate of drug-likeness (QED) is 0.586. The van der Waals surface area contributed by atoms with E-state index >= 15 is 0 Å². The Morgan fingerprint density at radius 1 is 1.55 bits per heavy atom. The van der Waals surface area contributed by atoms with Crippen molar-refractivity contribution in [3.8, 4) is 0 Å². The van der Waals surface area contributed by atoms with Gasteiger partial charge in [0.2, 0.25) is 0 Å². The summed E-state index contributed by atoms with van der Waals surface area (Å²) in [5.74, 6) is 0.648. The minimum absolute atomic E-state index is 0.172. The molecule has 0 heterocycles. The van der Waals surface area contributed by atoms with Gasteiger partial charge in [0.1, 0.15) is 0 Å². The first-order chi connectivity index (χ1) is 5.20. The van der Waals surface area contributed by atoms with Crippen molar-refractivity contribution in [3.63, 3.8) is 0 Å². The van der Waals surface area contributed by atoms with Crippen LogP contribution < -0.4 is 0 Å². The van der Waals surface area contributed by atoms with E-state index in [-0.39, 0.29) is 6.10 Å². The Balaban J connectivity index is 3.39. The Morgan fingerprint density at radius 2 is 2.18 bits per heavy atom. The lowest BCUT2D eigenvalue weighted by Gasteiger charge is -2.13. The first kappa shape index (κ1) is 10.7. The van der Waals surface area contributed by atoms with Crippen LogP contribution in [0.4, 0.5) is 0 Å². The summed E-state index contributed by atoms with van der Waals surface area (Å²) < 4.78 is 0. The van der Waals surface area contributed by atoms with Gasteiger partial charge in [-0.3, -0.25) is 0 Å². The van der Waals surface area contributed by atoms with E-state index in [1.165, 1.54) is 12.8 Å². The molecule has 1 heteroatoms. The molecule has 0 aromatic rings. The predicted octanol–water partition coefficient (Wildman–Crippen LogP) is 2.75.